The normalized spacial score (nSPS) is 15.1. The summed E-state index contributed by atoms with van der Waals surface area (Å²) in [6.07, 6.45) is -4.99. The highest BCUT2D eigenvalue weighted by Crippen LogP contribution is 2.34. The van der Waals surface area contributed by atoms with Crippen LogP contribution >= 0.6 is 15.9 Å². The highest BCUT2D eigenvalue weighted by molar-refractivity contribution is 9.10. The zero-order valence-electron chi connectivity index (χ0n) is 10.2. The van der Waals surface area contributed by atoms with Gasteiger partial charge in [0, 0.05) is 0 Å². The zero-order chi connectivity index (χ0) is 14.8. The fourth-order valence-corrected chi connectivity index (χ4v) is 1.97. The predicted molar refractivity (Wildman–Crippen MR) is 64.5 cm³/mol. The number of H-pyrrole nitrogens is 1. The molecule has 5 nitrogen and oxygen atoms in total. The molecular weight excluding hydrogens is 331 g/mol. The third kappa shape index (κ3) is 3.69. The first kappa shape index (κ1) is 16.0. The Labute approximate surface area is 115 Å². The van der Waals surface area contributed by atoms with Crippen LogP contribution in [0.2, 0.25) is 0 Å². The molecule has 0 aliphatic carbocycles. The molecule has 3 N–H and O–H groups in total. The van der Waals surface area contributed by atoms with Crippen LogP contribution in [-0.2, 0) is 6.18 Å². The fraction of sp³-hybridized carbons (Fsp3) is 0.600. The number of aliphatic hydroxyl groups excluding tert-OH is 1. The summed E-state index contributed by atoms with van der Waals surface area (Å²) in [6, 6.07) is -0.588. The summed E-state index contributed by atoms with van der Waals surface area (Å²) in [7, 11) is 0. The number of rotatable bonds is 4. The molecule has 2 atom stereocenters. The number of carbonyl (C=O) groups excluding carboxylic acids is 1. The summed E-state index contributed by atoms with van der Waals surface area (Å²) >= 11 is 2.69. The molecule has 0 aliphatic rings. The van der Waals surface area contributed by atoms with Crippen LogP contribution in [0, 0.1) is 0 Å². The van der Waals surface area contributed by atoms with Gasteiger partial charge in [-0.3, -0.25) is 9.89 Å². The molecule has 2 unspecified atom stereocenters. The van der Waals surface area contributed by atoms with Gasteiger partial charge >= 0.3 is 6.18 Å². The third-order valence-corrected chi connectivity index (χ3v) is 3.33. The van der Waals surface area contributed by atoms with E-state index in [1.807, 2.05) is 0 Å². The van der Waals surface area contributed by atoms with Gasteiger partial charge in [-0.2, -0.15) is 18.3 Å². The summed E-state index contributed by atoms with van der Waals surface area (Å²) in [5, 5.41) is 17.0. The number of aromatic amines is 1. The Morgan fingerprint density at radius 2 is 2.16 bits per heavy atom. The molecule has 0 aromatic carbocycles. The molecule has 0 aliphatic heterocycles. The second kappa shape index (κ2) is 5.91. The monoisotopic (exact) mass is 343 g/mol. The molecule has 1 amide bonds. The van der Waals surface area contributed by atoms with Crippen LogP contribution in [0.1, 0.15) is 36.5 Å². The highest BCUT2D eigenvalue weighted by Gasteiger charge is 2.38. The van der Waals surface area contributed by atoms with E-state index in [-0.39, 0.29) is 0 Å². The minimum absolute atomic E-state index is 0.400. The first-order valence-corrected chi connectivity index (χ1v) is 6.27. The van der Waals surface area contributed by atoms with Crippen molar-refractivity contribution in [3.8, 4) is 0 Å². The number of amides is 1. The quantitative estimate of drug-likeness (QED) is 0.783. The molecule has 9 heteroatoms. The highest BCUT2D eigenvalue weighted by atomic mass is 79.9. The lowest BCUT2D eigenvalue weighted by Gasteiger charge is -2.18. The Hall–Kier alpha value is -1.09. The third-order valence-electron chi connectivity index (χ3n) is 2.56. The lowest BCUT2D eigenvalue weighted by molar-refractivity contribution is -0.141. The van der Waals surface area contributed by atoms with E-state index in [0.717, 1.165) is 0 Å². The Bertz CT molecular complexity index is 461. The summed E-state index contributed by atoms with van der Waals surface area (Å²) in [6.45, 7) is 3.27. The summed E-state index contributed by atoms with van der Waals surface area (Å²) in [5.74, 6) is -0.793. The van der Waals surface area contributed by atoms with Crippen LogP contribution in [0.3, 0.4) is 0 Å². The van der Waals surface area contributed by atoms with Crippen LogP contribution in [-0.4, -0.2) is 33.4 Å². The van der Waals surface area contributed by atoms with Gasteiger partial charge in [0.1, 0.15) is 0 Å². The molecule has 19 heavy (non-hydrogen) atoms. The lowest BCUT2D eigenvalue weighted by Crippen LogP contribution is -2.41. The summed E-state index contributed by atoms with van der Waals surface area (Å²) < 4.78 is 37.0. The van der Waals surface area contributed by atoms with Gasteiger partial charge in [0.2, 0.25) is 0 Å². The number of nitrogens with zero attached hydrogens (tertiary/aromatic N) is 1. The first-order chi connectivity index (χ1) is 8.68. The van der Waals surface area contributed by atoms with Gasteiger partial charge in [0.05, 0.1) is 16.6 Å². The summed E-state index contributed by atoms with van der Waals surface area (Å²) in [5.41, 5.74) is -1.52. The number of aromatic nitrogens is 2. The largest absolute Gasteiger partial charge is 0.433 e. The second-order valence-corrected chi connectivity index (χ2v) is 4.79. The van der Waals surface area contributed by atoms with E-state index in [2.05, 4.69) is 26.3 Å². The molecular formula is C10H13BrF3N3O2. The van der Waals surface area contributed by atoms with Crippen LogP contribution in [0.15, 0.2) is 4.47 Å². The van der Waals surface area contributed by atoms with Crippen molar-refractivity contribution >= 4 is 21.8 Å². The molecule has 108 valence electrons. The van der Waals surface area contributed by atoms with E-state index in [1.165, 1.54) is 0 Å². The van der Waals surface area contributed by atoms with Crippen LogP contribution < -0.4 is 5.32 Å². The van der Waals surface area contributed by atoms with Crippen LogP contribution in [0.25, 0.3) is 0 Å². The molecule has 0 spiro atoms. The standard InChI is InChI=1S/C10H13BrF3N3O2/c1-3-5(18)4(2)15-9(19)7-6(11)8(17-16-7)10(12,13)14/h4-5,18H,3H2,1-2H3,(H,15,19)(H,16,17). The number of aliphatic hydroxyl groups is 1. The van der Waals surface area contributed by atoms with Crippen molar-refractivity contribution in [3.05, 3.63) is 15.9 Å². The van der Waals surface area contributed by atoms with Crippen molar-refractivity contribution in [2.75, 3.05) is 0 Å². The summed E-state index contributed by atoms with van der Waals surface area (Å²) in [4.78, 5) is 11.7. The molecule has 0 radical (unpaired) electrons. The minimum atomic E-state index is -4.63. The molecule has 1 heterocycles. The minimum Gasteiger partial charge on any atom is -0.391 e. The number of nitrogens with one attached hydrogen (secondary N) is 2. The predicted octanol–water partition coefficient (Wildman–Crippen LogP) is 2.08. The zero-order valence-corrected chi connectivity index (χ0v) is 11.8. The Morgan fingerprint density at radius 1 is 1.58 bits per heavy atom. The van der Waals surface area contributed by atoms with Crippen molar-refractivity contribution in [3.63, 3.8) is 0 Å². The van der Waals surface area contributed by atoms with Gasteiger partial charge in [-0.25, -0.2) is 0 Å². The van der Waals surface area contributed by atoms with Crippen LogP contribution in [0.4, 0.5) is 13.2 Å². The van der Waals surface area contributed by atoms with Crippen molar-refractivity contribution in [1.82, 2.24) is 15.5 Å². The van der Waals surface area contributed by atoms with E-state index in [1.54, 1.807) is 18.9 Å². The number of hydrogen-bond donors (Lipinski definition) is 3. The number of carbonyl (C=O) groups is 1. The number of hydrogen-bond acceptors (Lipinski definition) is 3. The molecule has 0 fully saturated rings. The maximum atomic E-state index is 12.5. The molecule has 1 aromatic heterocycles. The SMILES string of the molecule is CCC(O)C(C)NC(=O)c1n[nH]c(C(F)(F)F)c1Br. The first-order valence-electron chi connectivity index (χ1n) is 5.48. The van der Waals surface area contributed by atoms with Crippen molar-refractivity contribution in [2.24, 2.45) is 0 Å². The van der Waals surface area contributed by atoms with E-state index in [9.17, 15) is 23.1 Å². The van der Waals surface area contributed by atoms with E-state index in [0.29, 0.717) is 6.42 Å². The van der Waals surface area contributed by atoms with Gasteiger partial charge < -0.3 is 10.4 Å². The van der Waals surface area contributed by atoms with E-state index >= 15 is 0 Å². The molecule has 0 saturated heterocycles. The maximum Gasteiger partial charge on any atom is 0.433 e. The topological polar surface area (TPSA) is 78.0 Å². The number of alkyl halides is 3. The Morgan fingerprint density at radius 3 is 2.58 bits per heavy atom. The van der Waals surface area contributed by atoms with Gasteiger partial charge in [-0.05, 0) is 29.3 Å². The van der Waals surface area contributed by atoms with E-state index in [4.69, 9.17) is 0 Å². The molecule has 1 aromatic rings. The molecule has 1 rings (SSSR count). The van der Waals surface area contributed by atoms with Gasteiger partial charge in [0.15, 0.2) is 11.4 Å². The lowest BCUT2D eigenvalue weighted by atomic mass is 10.1. The van der Waals surface area contributed by atoms with Gasteiger partial charge in [-0.1, -0.05) is 6.92 Å². The smallest absolute Gasteiger partial charge is 0.391 e. The number of halogens is 4. The molecule has 0 bridgehead atoms. The Kier molecular flexibility index (Phi) is 4.97. The average molecular weight is 344 g/mol. The fourth-order valence-electron chi connectivity index (χ4n) is 1.39. The van der Waals surface area contributed by atoms with Crippen molar-refractivity contribution in [2.45, 2.75) is 38.6 Å². The second-order valence-electron chi connectivity index (χ2n) is 4.00. The van der Waals surface area contributed by atoms with Gasteiger partial charge in [-0.15, -0.1) is 0 Å². The maximum absolute atomic E-state index is 12.5. The average Bonchev–Trinajstić information content (AvgIpc) is 2.69. The molecule has 0 saturated carbocycles. The van der Waals surface area contributed by atoms with Gasteiger partial charge in [0.25, 0.3) is 5.91 Å². The van der Waals surface area contributed by atoms with Crippen molar-refractivity contribution in [1.29, 1.82) is 0 Å². The van der Waals surface area contributed by atoms with Crippen molar-refractivity contribution < 1.29 is 23.1 Å². The van der Waals surface area contributed by atoms with Crippen LogP contribution in [0.5, 0.6) is 0 Å². The van der Waals surface area contributed by atoms with E-state index < -0.39 is 40.1 Å². The Balaban J connectivity index is 2.88.